The lowest BCUT2D eigenvalue weighted by molar-refractivity contribution is -0.145. The Balaban J connectivity index is 2.35. The van der Waals surface area contributed by atoms with Gasteiger partial charge in [0.25, 0.3) is 0 Å². The van der Waals surface area contributed by atoms with Crippen LogP contribution in [0.2, 0.25) is 0 Å². The van der Waals surface area contributed by atoms with Crippen LogP contribution in [0.1, 0.15) is 30.1 Å². The van der Waals surface area contributed by atoms with Crippen LogP contribution in [-0.4, -0.2) is 16.2 Å². The molecule has 0 aromatic heterocycles. The lowest BCUT2D eigenvalue weighted by atomic mass is 9.77. The number of aliphatic hydroxyl groups is 1. The number of aliphatic hydroxyl groups excluding tert-OH is 1. The summed E-state index contributed by atoms with van der Waals surface area (Å²) in [5.74, 6) is -1.69. The lowest BCUT2D eigenvalue weighted by Gasteiger charge is -2.30. The Labute approximate surface area is 135 Å². The summed E-state index contributed by atoms with van der Waals surface area (Å²) in [5.41, 5.74) is 1.79. The number of aliphatic carboxylic acids is 1. The van der Waals surface area contributed by atoms with Crippen molar-refractivity contribution in [2.75, 3.05) is 0 Å². The number of carboxylic acids is 1. The minimum absolute atomic E-state index is 0.302. The molecule has 0 bridgehead atoms. The highest BCUT2D eigenvalue weighted by atomic mass is 79.9. The molecule has 0 saturated heterocycles. The third-order valence-corrected chi connectivity index (χ3v) is 5.34. The van der Waals surface area contributed by atoms with Gasteiger partial charge in [0.15, 0.2) is 0 Å². The van der Waals surface area contributed by atoms with Crippen LogP contribution in [0.5, 0.6) is 0 Å². The van der Waals surface area contributed by atoms with Crippen LogP contribution in [0.3, 0.4) is 0 Å². The maximum atomic E-state index is 11.3. The molecule has 1 aromatic rings. The van der Waals surface area contributed by atoms with E-state index in [1.807, 2.05) is 31.2 Å². The third kappa shape index (κ3) is 3.15. The van der Waals surface area contributed by atoms with Crippen LogP contribution in [-0.2, 0) is 4.79 Å². The van der Waals surface area contributed by atoms with E-state index in [0.29, 0.717) is 12.8 Å². The number of carbonyl (C=O) groups is 1. The second-order valence-corrected chi connectivity index (χ2v) is 6.83. The quantitative estimate of drug-likeness (QED) is 0.742. The molecular formula is C15H16Br2O3. The number of benzene rings is 1. The van der Waals surface area contributed by atoms with Gasteiger partial charge in [-0.05, 0) is 43.0 Å². The van der Waals surface area contributed by atoms with Gasteiger partial charge in [0, 0.05) is 14.9 Å². The van der Waals surface area contributed by atoms with E-state index in [0.717, 1.165) is 20.1 Å². The molecule has 108 valence electrons. The van der Waals surface area contributed by atoms with E-state index in [9.17, 15) is 15.0 Å². The first-order valence-electron chi connectivity index (χ1n) is 6.43. The fourth-order valence-electron chi connectivity index (χ4n) is 2.59. The summed E-state index contributed by atoms with van der Waals surface area (Å²) in [5, 5.41) is 19.9. The SMILES string of the molecule is Cc1cc(Br)c(C(O)C2CC=CCC2C(=O)O)cc1Br. The molecule has 3 unspecified atom stereocenters. The van der Waals surface area contributed by atoms with Gasteiger partial charge >= 0.3 is 5.97 Å². The number of halogens is 2. The number of hydrogen-bond acceptors (Lipinski definition) is 2. The highest BCUT2D eigenvalue weighted by molar-refractivity contribution is 9.11. The zero-order chi connectivity index (χ0) is 14.9. The maximum absolute atomic E-state index is 11.3. The smallest absolute Gasteiger partial charge is 0.307 e. The van der Waals surface area contributed by atoms with E-state index in [4.69, 9.17) is 0 Å². The molecule has 1 aliphatic rings. The molecule has 0 fully saturated rings. The first kappa shape index (κ1) is 15.7. The molecular weight excluding hydrogens is 388 g/mol. The first-order chi connectivity index (χ1) is 9.41. The van der Waals surface area contributed by atoms with Gasteiger partial charge in [-0.2, -0.15) is 0 Å². The fourth-order valence-corrected chi connectivity index (χ4v) is 3.64. The summed E-state index contributed by atoms with van der Waals surface area (Å²) < 4.78 is 1.72. The van der Waals surface area contributed by atoms with Crippen molar-refractivity contribution >= 4 is 37.8 Å². The summed E-state index contributed by atoms with van der Waals surface area (Å²) in [6.07, 6.45) is 4.08. The molecule has 5 heteroatoms. The first-order valence-corrected chi connectivity index (χ1v) is 8.01. The molecule has 0 heterocycles. The summed E-state index contributed by atoms with van der Waals surface area (Å²) in [7, 11) is 0. The number of rotatable bonds is 3. The van der Waals surface area contributed by atoms with Crippen LogP contribution < -0.4 is 0 Å². The second-order valence-electron chi connectivity index (χ2n) is 5.12. The van der Waals surface area contributed by atoms with Gasteiger partial charge in [0.2, 0.25) is 0 Å². The Morgan fingerprint density at radius 1 is 1.25 bits per heavy atom. The molecule has 3 nitrogen and oxygen atoms in total. The molecule has 2 rings (SSSR count). The van der Waals surface area contributed by atoms with Crippen molar-refractivity contribution in [3.8, 4) is 0 Å². The fraction of sp³-hybridized carbons (Fsp3) is 0.400. The highest BCUT2D eigenvalue weighted by Crippen LogP contribution is 2.40. The normalized spacial score (nSPS) is 23.6. The van der Waals surface area contributed by atoms with Gasteiger partial charge < -0.3 is 10.2 Å². The zero-order valence-corrected chi connectivity index (χ0v) is 14.2. The lowest BCUT2D eigenvalue weighted by Crippen LogP contribution is -2.30. The molecule has 20 heavy (non-hydrogen) atoms. The van der Waals surface area contributed by atoms with Gasteiger partial charge in [-0.25, -0.2) is 0 Å². The van der Waals surface area contributed by atoms with Crippen LogP contribution in [0.4, 0.5) is 0 Å². The minimum atomic E-state index is -0.847. The predicted molar refractivity (Wildman–Crippen MR) is 84.5 cm³/mol. The molecule has 0 saturated carbocycles. The van der Waals surface area contributed by atoms with Crippen molar-refractivity contribution in [1.29, 1.82) is 0 Å². The van der Waals surface area contributed by atoms with Crippen molar-refractivity contribution in [1.82, 2.24) is 0 Å². The molecule has 1 aliphatic carbocycles. The Hall–Kier alpha value is -0.650. The Kier molecular flexibility index (Phi) is 5.04. The molecule has 2 N–H and O–H groups in total. The van der Waals surface area contributed by atoms with E-state index in [2.05, 4.69) is 31.9 Å². The van der Waals surface area contributed by atoms with Crippen molar-refractivity contribution in [2.24, 2.45) is 11.8 Å². The topological polar surface area (TPSA) is 57.5 Å². The molecule has 0 spiro atoms. The van der Waals surface area contributed by atoms with E-state index in [-0.39, 0.29) is 5.92 Å². The predicted octanol–water partition coefficient (Wildman–Crippen LogP) is 4.22. The third-order valence-electron chi connectivity index (χ3n) is 3.80. The maximum Gasteiger partial charge on any atom is 0.307 e. The van der Waals surface area contributed by atoms with Crippen molar-refractivity contribution < 1.29 is 15.0 Å². The zero-order valence-electron chi connectivity index (χ0n) is 11.0. The standard InChI is InChI=1S/C15H16Br2O3/c1-8-6-13(17)11(7-12(8)16)14(18)9-4-2-3-5-10(9)15(19)20/h2-3,6-7,9-10,14,18H,4-5H2,1H3,(H,19,20). The van der Waals surface area contributed by atoms with E-state index < -0.39 is 18.0 Å². The van der Waals surface area contributed by atoms with Gasteiger partial charge in [-0.3, -0.25) is 4.79 Å². The molecule has 1 aromatic carbocycles. The molecule has 0 amide bonds. The molecule has 0 radical (unpaired) electrons. The number of hydrogen-bond donors (Lipinski definition) is 2. The number of aryl methyl sites for hydroxylation is 1. The van der Waals surface area contributed by atoms with E-state index >= 15 is 0 Å². The summed E-state index contributed by atoms with van der Waals surface area (Å²) >= 11 is 6.91. The number of allylic oxidation sites excluding steroid dienone is 2. The van der Waals surface area contributed by atoms with Crippen LogP contribution in [0.25, 0.3) is 0 Å². The average molecular weight is 404 g/mol. The Bertz CT molecular complexity index is 554. The van der Waals surface area contributed by atoms with Crippen LogP contribution in [0, 0.1) is 18.8 Å². The molecule has 0 aliphatic heterocycles. The van der Waals surface area contributed by atoms with E-state index in [1.165, 1.54) is 0 Å². The largest absolute Gasteiger partial charge is 0.481 e. The monoisotopic (exact) mass is 402 g/mol. The van der Waals surface area contributed by atoms with Gasteiger partial charge in [-0.1, -0.05) is 44.0 Å². The number of carboxylic acid groups (broad SMARTS) is 1. The summed E-state index contributed by atoms with van der Waals surface area (Å²) in [4.78, 5) is 11.3. The van der Waals surface area contributed by atoms with Crippen molar-refractivity contribution in [3.05, 3.63) is 44.4 Å². The van der Waals surface area contributed by atoms with Gasteiger partial charge in [0.1, 0.15) is 0 Å². The van der Waals surface area contributed by atoms with E-state index in [1.54, 1.807) is 0 Å². The summed E-state index contributed by atoms with van der Waals surface area (Å²) in [6.45, 7) is 1.97. The molecule has 3 atom stereocenters. The summed E-state index contributed by atoms with van der Waals surface area (Å²) in [6, 6.07) is 3.79. The van der Waals surface area contributed by atoms with Crippen LogP contribution >= 0.6 is 31.9 Å². The Morgan fingerprint density at radius 2 is 1.90 bits per heavy atom. The van der Waals surface area contributed by atoms with Crippen molar-refractivity contribution in [2.45, 2.75) is 25.9 Å². The Morgan fingerprint density at radius 3 is 2.55 bits per heavy atom. The van der Waals surface area contributed by atoms with Gasteiger partial charge in [0.05, 0.1) is 12.0 Å². The van der Waals surface area contributed by atoms with Gasteiger partial charge in [-0.15, -0.1) is 0 Å². The highest BCUT2D eigenvalue weighted by Gasteiger charge is 2.35. The van der Waals surface area contributed by atoms with Crippen LogP contribution in [0.15, 0.2) is 33.2 Å². The second kappa shape index (κ2) is 6.41. The minimum Gasteiger partial charge on any atom is -0.481 e. The van der Waals surface area contributed by atoms with Crippen molar-refractivity contribution in [3.63, 3.8) is 0 Å². The average Bonchev–Trinajstić information content (AvgIpc) is 2.42.